The Kier molecular flexibility index (Phi) is 4.94. The third kappa shape index (κ3) is 3.45. The predicted molar refractivity (Wildman–Crippen MR) is 38.2 cm³/mol. The van der Waals surface area contributed by atoms with Gasteiger partial charge < -0.3 is 10.5 Å². The number of rotatable bonds is 4. The minimum absolute atomic E-state index is 0.176. The SMILES string of the molecule is CCCC[C@@H]([NH3+])C(=O)OC. The Morgan fingerprint density at radius 2 is 2.30 bits per heavy atom. The highest BCUT2D eigenvalue weighted by Crippen LogP contribution is 1.97. The number of unbranched alkanes of at least 4 members (excludes halogenated alkanes) is 1. The number of ether oxygens (including phenoxy) is 1. The number of hydrogen-bond donors (Lipinski definition) is 1. The first-order chi connectivity index (χ1) is 4.72. The molecule has 0 rings (SSSR count). The lowest BCUT2D eigenvalue weighted by Crippen LogP contribution is -2.65. The Morgan fingerprint density at radius 3 is 2.70 bits per heavy atom. The van der Waals surface area contributed by atoms with Crippen LogP contribution in [0.2, 0.25) is 0 Å². The van der Waals surface area contributed by atoms with E-state index in [2.05, 4.69) is 17.4 Å². The molecule has 0 aliphatic carbocycles. The van der Waals surface area contributed by atoms with Crippen molar-refractivity contribution < 1.29 is 15.3 Å². The normalized spacial score (nSPS) is 12.7. The third-order valence-electron chi connectivity index (χ3n) is 1.44. The fraction of sp³-hybridized carbons (Fsp3) is 0.857. The monoisotopic (exact) mass is 146 g/mol. The fourth-order valence-corrected chi connectivity index (χ4v) is 0.735. The zero-order valence-electron chi connectivity index (χ0n) is 6.72. The molecule has 0 heterocycles. The Morgan fingerprint density at radius 1 is 1.70 bits per heavy atom. The van der Waals surface area contributed by atoms with Crippen LogP contribution in [0.3, 0.4) is 0 Å². The smallest absolute Gasteiger partial charge is 0.364 e. The molecule has 0 aliphatic rings. The molecule has 0 aromatic carbocycles. The molecular formula is C7H16NO2+. The summed E-state index contributed by atoms with van der Waals surface area (Å²) in [5, 5.41) is 0. The van der Waals surface area contributed by atoms with Crippen molar-refractivity contribution in [3.63, 3.8) is 0 Å². The zero-order chi connectivity index (χ0) is 7.98. The minimum Gasteiger partial charge on any atom is -0.465 e. The highest BCUT2D eigenvalue weighted by molar-refractivity contribution is 5.73. The molecule has 0 fully saturated rings. The molecule has 0 saturated carbocycles. The topological polar surface area (TPSA) is 53.9 Å². The summed E-state index contributed by atoms with van der Waals surface area (Å²) in [6.45, 7) is 2.09. The van der Waals surface area contributed by atoms with E-state index in [0.29, 0.717) is 0 Å². The second kappa shape index (κ2) is 5.23. The Hall–Kier alpha value is -0.570. The average Bonchev–Trinajstić information content (AvgIpc) is 1.98. The number of quaternary nitrogens is 1. The predicted octanol–water partition coefficient (Wildman–Crippen LogP) is -0.0399. The van der Waals surface area contributed by atoms with Crippen LogP contribution in [0.15, 0.2) is 0 Å². The van der Waals surface area contributed by atoms with E-state index in [0.717, 1.165) is 19.3 Å². The molecular weight excluding hydrogens is 130 g/mol. The molecule has 60 valence electrons. The molecule has 0 spiro atoms. The summed E-state index contributed by atoms with van der Waals surface area (Å²) in [4.78, 5) is 10.7. The lowest BCUT2D eigenvalue weighted by Gasteiger charge is -2.03. The Labute approximate surface area is 61.5 Å². The van der Waals surface area contributed by atoms with Gasteiger partial charge in [0.1, 0.15) is 0 Å². The summed E-state index contributed by atoms with van der Waals surface area (Å²) in [5.41, 5.74) is 3.67. The number of hydrogen-bond acceptors (Lipinski definition) is 2. The van der Waals surface area contributed by atoms with Crippen LogP contribution in [0.4, 0.5) is 0 Å². The van der Waals surface area contributed by atoms with Gasteiger partial charge in [0.25, 0.3) is 0 Å². The number of carbonyl (C=O) groups is 1. The van der Waals surface area contributed by atoms with Gasteiger partial charge in [-0.3, -0.25) is 0 Å². The summed E-state index contributed by atoms with van der Waals surface area (Å²) < 4.78 is 4.51. The molecule has 0 amide bonds. The standard InChI is InChI=1S/C7H15NO2/c1-3-4-5-6(8)7(9)10-2/h6H,3-5,8H2,1-2H3/p+1/t6-/m1/s1. The molecule has 0 saturated heterocycles. The van der Waals surface area contributed by atoms with Gasteiger partial charge in [-0.05, 0) is 6.42 Å². The van der Waals surface area contributed by atoms with Crippen molar-refractivity contribution in [2.75, 3.05) is 7.11 Å². The molecule has 0 aromatic heterocycles. The van der Waals surface area contributed by atoms with Crippen LogP contribution >= 0.6 is 0 Å². The average molecular weight is 146 g/mol. The molecule has 3 N–H and O–H groups in total. The highest BCUT2D eigenvalue weighted by Gasteiger charge is 2.15. The Balaban J connectivity index is 3.41. The minimum atomic E-state index is -0.201. The van der Waals surface area contributed by atoms with E-state index in [1.54, 1.807) is 0 Å². The van der Waals surface area contributed by atoms with E-state index >= 15 is 0 Å². The van der Waals surface area contributed by atoms with E-state index in [4.69, 9.17) is 0 Å². The first-order valence-electron chi connectivity index (χ1n) is 3.63. The third-order valence-corrected chi connectivity index (χ3v) is 1.44. The van der Waals surface area contributed by atoms with Crippen LogP contribution in [-0.2, 0) is 9.53 Å². The van der Waals surface area contributed by atoms with Crippen LogP contribution in [0.25, 0.3) is 0 Å². The van der Waals surface area contributed by atoms with Crippen LogP contribution in [-0.4, -0.2) is 19.1 Å². The zero-order valence-corrected chi connectivity index (χ0v) is 6.72. The van der Waals surface area contributed by atoms with Gasteiger partial charge in [-0.2, -0.15) is 0 Å². The lowest BCUT2D eigenvalue weighted by molar-refractivity contribution is -0.409. The number of carbonyl (C=O) groups excluding carboxylic acids is 1. The second-order valence-electron chi connectivity index (χ2n) is 2.36. The van der Waals surface area contributed by atoms with Crippen LogP contribution in [0, 0.1) is 0 Å². The van der Waals surface area contributed by atoms with Gasteiger partial charge in [0.15, 0.2) is 6.04 Å². The van der Waals surface area contributed by atoms with E-state index < -0.39 is 0 Å². The molecule has 0 unspecified atom stereocenters. The van der Waals surface area contributed by atoms with Crippen molar-refractivity contribution in [2.45, 2.75) is 32.2 Å². The Bertz CT molecular complexity index is 104. The maximum absolute atomic E-state index is 10.7. The lowest BCUT2D eigenvalue weighted by atomic mass is 10.1. The fourth-order valence-electron chi connectivity index (χ4n) is 0.735. The molecule has 0 radical (unpaired) electrons. The maximum Gasteiger partial charge on any atom is 0.364 e. The van der Waals surface area contributed by atoms with Crippen molar-refractivity contribution in [1.29, 1.82) is 0 Å². The molecule has 0 aromatic rings. The second-order valence-corrected chi connectivity index (χ2v) is 2.36. The van der Waals surface area contributed by atoms with Gasteiger partial charge in [0.2, 0.25) is 0 Å². The first kappa shape index (κ1) is 9.43. The van der Waals surface area contributed by atoms with Gasteiger partial charge in [-0.25, -0.2) is 4.79 Å². The van der Waals surface area contributed by atoms with E-state index in [1.165, 1.54) is 7.11 Å². The molecule has 0 aliphatic heterocycles. The van der Waals surface area contributed by atoms with E-state index in [1.807, 2.05) is 0 Å². The van der Waals surface area contributed by atoms with Crippen molar-refractivity contribution in [3.8, 4) is 0 Å². The molecule has 1 atom stereocenters. The largest absolute Gasteiger partial charge is 0.465 e. The van der Waals surface area contributed by atoms with Gasteiger partial charge in [-0.15, -0.1) is 0 Å². The number of methoxy groups -OCH3 is 1. The van der Waals surface area contributed by atoms with Crippen molar-refractivity contribution >= 4 is 5.97 Å². The molecule has 3 heteroatoms. The van der Waals surface area contributed by atoms with Crippen molar-refractivity contribution in [3.05, 3.63) is 0 Å². The maximum atomic E-state index is 10.7. The van der Waals surface area contributed by atoms with Crippen molar-refractivity contribution in [1.82, 2.24) is 0 Å². The van der Waals surface area contributed by atoms with E-state index in [-0.39, 0.29) is 12.0 Å². The van der Waals surface area contributed by atoms with Crippen molar-refractivity contribution in [2.24, 2.45) is 0 Å². The summed E-state index contributed by atoms with van der Waals surface area (Å²) in [6.07, 6.45) is 2.98. The van der Waals surface area contributed by atoms with Crippen LogP contribution < -0.4 is 5.73 Å². The summed E-state index contributed by atoms with van der Waals surface area (Å²) in [6, 6.07) is -0.176. The first-order valence-corrected chi connectivity index (χ1v) is 3.63. The molecule has 3 nitrogen and oxygen atoms in total. The highest BCUT2D eigenvalue weighted by atomic mass is 16.5. The molecule has 10 heavy (non-hydrogen) atoms. The van der Waals surface area contributed by atoms with Gasteiger partial charge in [-0.1, -0.05) is 13.3 Å². The summed E-state index contributed by atoms with van der Waals surface area (Å²) >= 11 is 0. The quantitative estimate of drug-likeness (QED) is 0.566. The summed E-state index contributed by atoms with van der Waals surface area (Å²) in [5.74, 6) is -0.201. The van der Waals surface area contributed by atoms with E-state index in [9.17, 15) is 4.79 Å². The van der Waals surface area contributed by atoms with Gasteiger partial charge in [0.05, 0.1) is 7.11 Å². The molecule has 0 bridgehead atoms. The van der Waals surface area contributed by atoms with Crippen LogP contribution in [0.1, 0.15) is 26.2 Å². The number of esters is 1. The van der Waals surface area contributed by atoms with Crippen LogP contribution in [0.5, 0.6) is 0 Å². The van der Waals surface area contributed by atoms with Gasteiger partial charge in [0, 0.05) is 6.42 Å². The van der Waals surface area contributed by atoms with Gasteiger partial charge >= 0.3 is 5.97 Å². The summed E-state index contributed by atoms with van der Waals surface area (Å²) in [7, 11) is 1.40.